The number of rotatable bonds is 3. The maximum Gasteiger partial charge on any atom is 0.347 e. The van der Waals surface area contributed by atoms with Gasteiger partial charge in [0.15, 0.2) is 0 Å². The summed E-state index contributed by atoms with van der Waals surface area (Å²) < 4.78 is 15.2. The molecule has 24 heavy (non-hydrogen) atoms. The van der Waals surface area contributed by atoms with E-state index in [4.69, 9.17) is 0 Å². The van der Waals surface area contributed by atoms with Gasteiger partial charge in [-0.3, -0.25) is 9.36 Å². The molecule has 7 heteroatoms. The van der Waals surface area contributed by atoms with Gasteiger partial charge in [0.1, 0.15) is 12.4 Å². The van der Waals surface area contributed by atoms with Crippen molar-refractivity contribution < 1.29 is 9.18 Å². The zero-order chi connectivity index (χ0) is 17.1. The van der Waals surface area contributed by atoms with Crippen LogP contribution in [-0.2, 0) is 11.3 Å². The molecule has 6 nitrogen and oxygen atoms in total. The van der Waals surface area contributed by atoms with Crippen molar-refractivity contribution in [1.29, 1.82) is 0 Å². The third kappa shape index (κ3) is 3.45. The van der Waals surface area contributed by atoms with Crippen LogP contribution in [0.3, 0.4) is 0 Å². The van der Waals surface area contributed by atoms with Crippen LogP contribution in [-0.4, -0.2) is 46.5 Å². The highest BCUT2D eigenvalue weighted by atomic mass is 19.1. The summed E-state index contributed by atoms with van der Waals surface area (Å²) in [5.74, 6) is -0.382. The van der Waals surface area contributed by atoms with Crippen molar-refractivity contribution >= 4 is 11.6 Å². The lowest BCUT2D eigenvalue weighted by Gasteiger charge is -2.36. The van der Waals surface area contributed by atoms with Crippen LogP contribution in [0.5, 0.6) is 0 Å². The van der Waals surface area contributed by atoms with Crippen molar-refractivity contribution in [2.45, 2.75) is 13.5 Å². The van der Waals surface area contributed by atoms with Crippen molar-refractivity contribution in [2.75, 3.05) is 31.1 Å². The van der Waals surface area contributed by atoms with Crippen LogP contribution in [0.2, 0.25) is 0 Å². The molecule has 0 radical (unpaired) electrons. The number of aromatic nitrogens is 2. The van der Waals surface area contributed by atoms with Gasteiger partial charge in [-0.05, 0) is 24.6 Å². The van der Waals surface area contributed by atoms with E-state index in [1.54, 1.807) is 29.3 Å². The molecule has 0 aliphatic carbocycles. The molecular formula is C17H19FN4O2. The highest BCUT2D eigenvalue weighted by Crippen LogP contribution is 2.20. The third-order valence-electron chi connectivity index (χ3n) is 4.11. The van der Waals surface area contributed by atoms with Crippen LogP contribution in [0.15, 0.2) is 41.5 Å². The molecule has 1 aromatic carbocycles. The molecule has 2 heterocycles. The Kier molecular flexibility index (Phi) is 4.59. The van der Waals surface area contributed by atoms with Crippen LogP contribution >= 0.6 is 0 Å². The first-order valence-electron chi connectivity index (χ1n) is 7.85. The quantitative estimate of drug-likeness (QED) is 0.844. The molecule has 0 N–H and O–H groups in total. The number of aryl methyl sites for hydroxylation is 1. The Bertz CT molecular complexity index is 797. The lowest BCUT2D eigenvalue weighted by Crippen LogP contribution is -2.50. The maximum absolute atomic E-state index is 13.8. The van der Waals surface area contributed by atoms with Crippen molar-refractivity contribution in [3.63, 3.8) is 0 Å². The number of amides is 1. The molecule has 0 atom stereocenters. The summed E-state index contributed by atoms with van der Waals surface area (Å²) in [4.78, 5) is 31.4. The van der Waals surface area contributed by atoms with Crippen molar-refractivity contribution in [1.82, 2.24) is 14.5 Å². The fraction of sp³-hybridized carbons (Fsp3) is 0.353. The fourth-order valence-corrected chi connectivity index (χ4v) is 2.83. The average Bonchev–Trinajstić information content (AvgIpc) is 2.59. The van der Waals surface area contributed by atoms with E-state index in [2.05, 4.69) is 4.98 Å². The number of halogens is 1. The monoisotopic (exact) mass is 330 g/mol. The van der Waals surface area contributed by atoms with E-state index in [9.17, 15) is 14.0 Å². The highest BCUT2D eigenvalue weighted by Gasteiger charge is 2.23. The van der Waals surface area contributed by atoms with Crippen molar-refractivity contribution in [3.8, 4) is 0 Å². The summed E-state index contributed by atoms with van der Waals surface area (Å²) >= 11 is 0. The Labute approximate surface area is 139 Å². The minimum absolute atomic E-state index is 0.0206. The second-order valence-electron chi connectivity index (χ2n) is 5.86. The Morgan fingerprint density at radius 2 is 1.92 bits per heavy atom. The summed E-state index contributed by atoms with van der Waals surface area (Å²) in [5.41, 5.74) is 0.953. The minimum atomic E-state index is -0.432. The van der Waals surface area contributed by atoms with Crippen LogP contribution in [0, 0.1) is 12.7 Å². The molecule has 126 valence electrons. The lowest BCUT2D eigenvalue weighted by molar-refractivity contribution is -0.132. The van der Waals surface area contributed by atoms with Gasteiger partial charge < -0.3 is 9.80 Å². The number of nitrogens with zero attached hydrogens (tertiary/aromatic N) is 4. The molecule has 1 aromatic heterocycles. The Morgan fingerprint density at radius 1 is 1.21 bits per heavy atom. The zero-order valence-corrected chi connectivity index (χ0v) is 13.5. The first-order chi connectivity index (χ1) is 11.5. The SMILES string of the molecule is Cc1cnc(=O)n(CC(=O)N2CCN(c3ccccc3F)CC2)c1. The van der Waals surface area contributed by atoms with Gasteiger partial charge in [0, 0.05) is 38.6 Å². The summed E-state index contributed by atoms with van der Waals surface area (Å²) in [6.45, 7) is 3.93. The molecule has 1 amide bonds. The molecule has 0 spiro atoms. The van der Waals surface area contributed by atoms with Gasteiger partial charge in [0.2, 0.25) is 5.91 Å². The van der Waals surface area contributed by atoms with Crippen LogP contribution in [0.4, 0.5) is 10.1 Å². The van der Waals surface area contributed by atoms with Gasteiger partial charge in [0.25, 0.3) is 0 Å². The van der Waals surface area contributed by atoms with Gasteiger partial charge in [-0.15, -0.1) is 0 Å². The molecule has 0 unspecified atom stereocenters. The number of carbonyl (C=O) groups is 1. The van der Waals surface area contributed by atoms with Gasteiger partial charge in [-0.2, -0.15) is 0 Å². The molecule has 2 aromatic rings. The number of carbonyl (C=O) groups excluding carboxylic acids is 1. The number of hydrogen-bond donors (Lipinski definition) is 0. The Balaban J connectivity index is 1.62. The topological polar surface area (TPSA) is 58.4 Å². The molecule has 1 fully saturated rings. The maximum atomic E-state index is 13.8. The van der Waals surface area contributed by atoms with Gasteiger partial charge in [0.05, 0.1) is 5.69 Å². The number of anilines is 1. The van der Waals surface area contributed by atoms with Crippen molar-refractivity contribution in [2.24, 2.45) is 0 Å². The lowest BCUT2D eigenvalue weighted by atomic mass is 10.2. The fourth-order valence-electron chi connectivity index (χ4n) is 2.83. The Morgan fingerprint density at radius 3 is 2.62 bits per heavy atom. The molecular weight excluding hydrogens is 311 g/mol. The van der Waals surface area contributed by atoms with E-state index in [1.807, 2.05) is 11.8 Å². The van der Waals surface area contributed by atoms with Crippen LogP contribution in [0.1, 0.15) is 5.56 Å². The van der Waals surface area contributed by atoms with E-state index in [1.165, 1.54) is 16.8 Å². The predicted molar refractivity (Wildman–Crippen MR) is 88.4 cm³/mol. The van der Waals surface area contributed by atoms with E-state index >= 15 is 0 Å². The number of hydrogen-bond acceptors (Lipinski definition) is 4. The van der Waals surface area contributed by atoms with Crippen LogP contribution < -0.4 is 10.6 Å². The largest absolute Gasteiger partial charge is 0.366 e. The molecule has 1 saturated heterocycles. The predicted octanol–water partition coefficient (Wildman–Crippen LogP) is 1.04. The van der Waals surface area contributed by atoms with Crippen LogP contribution in [0.25, 0.3) is 0 Å². The standard InChI is InChI=1S/C17H19FN4O2/c1-13-10-19-17(24)22(11-13)12-16(23)21-8-6-20(7-9-21)15-5-3-2-4-14(15)18/h2-5,10-11H,6-9,12H2,1H3. The molecule has 1 aliphatic heterocycles. The van der Waals surface area contributed by atoms with E-state index in [0.29, 0.717) is 31.9 Å². The number of benzene rings is 1. The van der Waals surface area contributed by atoms with Crippen molar-refractivity contribution in [3.05, 3.63) is 58.5 Å². The van der Waals surface area contributed by atoms with Gasteiger partial charge in [-0.1, -0.05) is 12.1 Å². The van der Waals surface area contributed by atoms with Gasteiger partial charge >= 0.3 is 5.69 Å². The molecule has 0 saturated carbocycles. The summed E-state index contributed by atoms with van der Waals surface area (Å²) in [6.07, 6.45) is 3.11. The first kappa shape index (κ1) is 16.2. The second-order valence-corrected chi connectivity index (χ2v) is 5.86. The smallest absolute Gasteiger partial charge is 0.347 e. The average molecular weight is 330 g/mol. The minimum Gasteiger partial charge on any atom is -0.366 e. The second kappa shape index (κ2) is 6.82. The molecule has 3 rings (SSSR count). The van der Waals surface area contributed by atoms with E-state index in [0.717, 1.165) is 5.56 Å². The molecule has 0 bridgehead atoms. The number of para-hydroxylation sites is 1. The first-order valence-corrected chi connectivity index (χ1v) is 7.85. The Hall–Kier alpha value is -2.70. The third-order valence-corrected chi connectivity index (χ3v) is 4.11. The van der Waals surface area contributed by atoms with E-state index in [-0.39, 0.29) is 18.3 Å². The summed E-state index contributed by atoms with van der Waals surface area (Å²) in [7, 11) is 0. The van der Waals surface area contributed by atoms with E-state index < -0.39 is 5.69 Å². The summed E-state index contributed by atoms with van der Waals surface area (Å²) in [6, 6.07) is 6.63. The normalized spacial score (nSPS) is 14.8. The highest BCUT2D eigenvalue weighted by molar-refractivity contribution is 5.76. The summed E-state index contributed by atoms with van der Waals surface area (Å²) in [5, 5.41) is 0. The number of piperazine rings is 1. The van der Waals surface area contributed by atoms with Gasteiger partial charge in [-0.25, -0.2) is 14.2 Å². The zero-order valence-electron chi connectivity index (χ0n) is 13.5. The molecule has 1 aliphatic rings.